The molecule has 64 valence electrons. The summed E-state index contributed by atoms with van der Waals surface area (Å²) in [6.07, 6.45) is 1.24. The summed E-state index contributed by atoms with van der Waals surface area (Å²) in [5.74, 6) is -0.595. The standard InChI is InChI=1S/C5H6N4O3/c6-5(11)8-7-4(10)3-1-2-12-9-3/h1-2H,(H,7,10)(H3,6,8,11). The first-order chi connectivity index (χ1) is 5.70. The van der Waals surface area contributed by atoms with E-state index in [2.05, 4.69) is 15.4 Å². The Bertz CT molecular complexity index is 281. The summed E-state index contributed by atoms with van der Waals surface area (Å²) in [5.41, 5.74) is 8.63. The minimum Gasteiger partial charge on any atom is -0.364 e. The number of hydrazine groups is 1. The van der Waals surface area contributed by atoms with Crippen molar-refractivity contribution >= 4 is 11.9 Å². The number of amides is 3. The van der Waals surface area contributed by atoms with Crippen LogP contribution in [0.2, 0.25) is 0 Å². The lowest BCUT2D eigenvalue weighted by Gasteiger charge is -2.00. The summed E-state index contributed by atoms with van der Waals surface area (Å²) >= 11 is 0. The van der Waals surface area contributed by atoms with Gasteiger partial charge in [-0.2, -0.15) is 0 Å². The maximum absolute atomic E-state index is 10.9. The molecule has 1 rings (SSSR count). The van der Waals surface area contributed by atoms with Crippen LogP contribution >= 0.6 is 0 Å². The van der Waals surface area contributed by atoms with Crippen molar-refractivity contribution in [3.05, 3.63) is 18.0 Å². The van der Waals surface area contributed by atoms with Gasteiger partial charge in [0, 0.05) is 6.07 Å². The minimum atomic E-state index is -0.855. The van der Waals surface area contributed by atoms with Gasteiger partial charge in [-0.3, -0.25) is 10.2 Å². The number of rotatable bonds is 1. The molecule has 0 atom stereocenters. The number of carbonyl (C=O) groups is 2. The molecule has 1 heterocycles. The quantitative estimate of drug-likeness (QED) is 0.469. The number of hydrogen-bond donors (Lipinski definition) is 3. The lowest BCUT2D eigenvalue weighted by atomic mass is 10.4. The topological polar surface area (TPSA) is 110 Å². The van der Waals surface area contributed by atoms with E-state index >= 15 is 0 Å². The fourth-order valence-corrected chi connectivity index (χ4v) is 0.512. The van der Waals surface area contributed by atoms with Crippen LogP contribution in [0.25, 0.3) is 0 Å². The summed E-state index contributed by atoms with van der Waals surface area (Å²) in [6, 6.07) is 0.490. The number of carbonyl (C=O) groups excluding carboxylic acids is 2. The van der Waals surface area contributed by atoms with Crippen LogP contribution in [-0.4, -0.2) is 17.1 Å². The predicted octanol–water partition coefficient (Wildman–Crippen LogP) is -1.01. The van der Waals surface area contributed by atoms with Gasteiger partial charge >= 0.3 is 6.03 Å². The van der Waals surface area contributed by atoms with Crippen molar-refractivity contribution in [3.63, 3.8) is 0 Å². The first kappa shape index (κ1) is 8.05. The van der Waals surface area contributed by atoms with Gasteiger partial charge in [0.25, 0.3) is 5.91 Å². The molecule has 4 N–H and O–H groups in total. The first-order valence-corrected chi connectivity index (χ1v) is 2.96. The van der Waals surface area contributed by atoms with Gasteiger partial charge in [0.05, 0.1) is 0 Å². The van der Waals surface area contributed by atoms with Gasteiger partial charge in [-0.05, 0) is 0 Å². The van der Waals surface area contributed by atoms with Gasteiger partial charge in [-0.25, -0.2) is 10.2 Å². The SMILES string of the molecule is NC(=O)NNC(=O)c1ccon1. The molecule has 7 heteroatoms. The molecular weight excluding hydrogens is 164 g/mol. The van der Waals surface area contributed by atoms with Gasteiger partial charge in [0.2, 0.25) is 0 Å². The molecule has 0 aromatic carbocycles. The zero-order valence-corrected chi connectivity index (χ0v) is 5.90. The van der Waals surface area contributed by atoms with Crippen LogP contribution in [0.3, 0.4) is 0 Å². The number of nitrogens with one attached hydrogen (secondary N) is 2. The highest BCUT2D eigenvalue weighted by atomic mass is 16.5. The van der Waals surface area contributed by atoms with Gasteiger partial charge < -0.3 is 10.3 Å². The zero-order valence-electron chi connectivity index (χ0n) is 5.90. The molecule has 0 aliphatic heterocycles. The highest BCUT2D eigenvalue weighted by Gasteiger charge is 2.07. The molecule has 1 aromatic rings. The summed E-state index contributed by atoms with van der Waals surface area (Å²) in [4.78, 5) is 21.0. The van der Waals surface area contributed by atoms with E-state index in [9.17, 15) is 9.59 Å². The molecule has 0 saturated heterocycles. The van der Waals surface area contributed by atoms with Crippen LogP contribution in [0.1, 0.15) is 10.5 Å². The lowest BCUT2D eigenvalue weighted by Crippen LogP contribution is -2.44. The normalized spacial score (nSPS) is 9.00. The second-order valence-electron chi connectivity index (χ2n) is 1.83. The fourth-order valence-electron chi connectivity index (χ4n) is 0.512. The Labute approximate surface area is 66.9 Å². The third-order valence-electron chi connectivity index (χ3n) is 0.970. The maximum Gasteiger partial charge on any atom is 0.330 e. The highest BCUT2D eigenvalue weighted by molar-refractivity contribution is 5.93. The van der Waals surface area contributed by atoms with Crippen molar-refractivity contribution < 1.29 is 14.1 Å². The summed E-state index contributed by atoms with van der Waals surface area (Å²) in [5, 5.41) is 3.31. The fraction of sp³-hybridized carbons (Fsp3) is 0. The number of nitrogens with two attached hydrogens (primary N) is 1. The molecule has 0 radical (unpaired) electrons. The average Bonchev–Trinajstić information content (AvgIpc) is 2.51. The molecule has 0 spiro atoms. The third-order valence-corrected chi connectivity index (χ3v) is 0.970. The summed E-state index contributed by atoms with van der Waals surface area (Å²) in [6.45, 7) is 0. The maximum atomic E-state index is 10.9. The number of hydrogen-bond acceptors (Lipinski definition) is 4. The average molecular weight is 170 g/mol. The highest BCUT2D eigenvalue weighted by Crippen LogP contribution is 1.91. The number of urea groups is 1. The van der Waals surface area contributed by atoms with Crippen molar-refractivity contribution in [2.24, 2.45) is 5.73 Å². The summed E-state index contributed by atoms with van der Waals surface area (Å²) < 4.78 is 4.39. The molecule has 0 bridgehead atoms. The molecule has 1 aromatic heterocycles. The van der Waals surface area contributed by atoms with Gasteiger partial charge in [0.15, 0.2) is 5.69 Å². The van der Waals surface area contributed by atoms with Crippen LogP contribution < -0.4 is 16.6 Å². The molecule has 0 unspecified atom stereocenters. The van der Waals surface area contributed by atoms with Crippen molar-refractivity contribution in [1.29, 1.82) is 0 Å². The molecule has 0 aliphatic rings. The largest absolute Gasteiger partial charge is 0.364 e. The Morgan fingerprint density at radius 2 is 2.25 bits per heavy atom. The molecule has 12 heavy (non-hydrogen) atoms. The van der Waals surface area contributed by atoms with Crippen LogP contribution in [0, 0.1) is 0 Å². The number of nitrogens with zero attached hydrogens (tertiary/aromatic N) is 1. The molecule has 0 saturated carbocycles. The molecule has 0 aliphatic carbocycles. The van der Waals surface area contributed by atoms with Crippen molar-refractivity contribution in [2.75, 3.05) is 0 Å². The van der Waals surface area contributed by atoms with Crippen LogP contribution in [0.4, 0.5) is 4.79 Å². The van der Waals surface area contributed by atoms with E-state index in [4.69, 9.17) is 0 Å². The van der Waals surface area contributed by atoms with Gasteiger partial charge in [-0.15, -0.1) is 0 Å². The van der Waals surface area contributed by atoms with E-state index in [1.54, 1.807) is 0 Å². The Hall–Kier alpha value is -2.05. The smallest absolute Gasteiger partial charge is 0.330 e. The van der Waals surface area contributed by atoms with E-state index < -0.39 is 11.9 Å². The molecule has 7 nitrogen and oxygen atoms in total. The van der Waals surface area contributed by atoms with Crippen molar-refractivity contribution in [1.82, 2.24) is 16.0 Å². The number of primary amides is 1. The Morgan fingerprint density at radius 1 is 1.50 bits per heavy atom. The summed E-state index contributed by atoms with van der Waals surface area (Å²) in [7, 11) is 0. The van der Waals surface area contributed by atoms with Crippen molar-refractivity contribution in [3.8, 4) is 0 Å². The van der Waals surface area contributed by atoms with E-state index in [0.717, 1.165) is 0 Å². The van der Waals surface area contributed by atoms with E-state index in [1.807, 2.05) is 10.9 Å². The third kappa shape index (κ3) is 1.97. The van der Waals surface area contributed by atoms with Crippen LogP contribution in [0.5, 0.6) is 0 Å². The Kier molecular flexibility index (Phi) is 2.26. The minimum absolute atomic E-state index is 0.0590. The Morgan fingerprint density at radius 3 is 2.75 bits per heavy atom. The second-order valence-corrected chi connectivity index (χ2v) is 1.83. The molecule has 0 fully saturated rings. The predicted molar refractivity (Wildman–Crippen MR) is 36.7 cm³/mol. The van der Waals surface area contributed by atoms with Gasteiger partial charge in [0.1, 0.15) is 6.26 Å². The van der Waals surface area contributed by atoms with E-state index in [1.165, 1.54) is 12.3 Å². The van der Waals surface area contributed by atoms with Crippen molar-refractivity contribution in [2.45, 2.75) is 0 Å². The first-order valence-electron chi connectivity index (χ1n) is 2.96. The molecule has 3 amide bonds. The van der Waals surface area contributed by atoms with Crippen LogP contribution in [0.15, 0.2) is 16.9 Å². The van der Waals surface area contributed by atoms with E-state index in [0.29, 0.717) is 0 Å². The number of aromatic nitrogens is 1. The van der Waals surface area contributed by atoms with Gasteiger partial charge in [-0.1, -0.05) is 5.16 Å². The Balaban J connectivity index is 2.45. The van der Waals surface area contributed by atoms with Crippen LogP contribution in [-0.2, 0) is 0 Å². The lowest BCUT2D eigenvalue weighted by molar-refractivity contribution is 0.0928. The zero-order chi connectivity index (χ0) is 8.97. The molecular formula is C5H6N4O3. The monoisotopic (exact) mass is 170 g/mol. The second kappa shape index (κ2) is 3.37. The van der Waals surface area contributed by atoms with E-state index in [-0.39, 0.29) is 5.69 Å².